The number of benzene rings is 4. The Labute approximate surface area is 185 Å². The number of hydrogen-bond donors (Lipinski definition) is 0. The van der Waals surface area contributed by atoms with Crippen molar-refractivity contribution in [2.45, 2.75) is 4.73 Å². The molecule has 0 radical (unpaired) electrons. The largest absolute Gasteiger partial charge is 0.185 e. The third-order valence-corrected chi connectivity index (χ3v) is 12.6. The molecule has 0 fully saturated rings. The van der Waals surface area contributed by atoms with E-state index in [0.717, 1.165) is 0 Å². The van der Waals surface area contributed by atoms with Crippen LogP contribution in [-0.2, 0) is 0 Å². The van der Waals surface area contributed by atoms with Gasteiger partial charge in [-0.1, -0.05) is 121 Å². The summed E-state index contributed by atoms with van der Waals surface area (Å²) < 4.78 is 0.148. The lowest BCUT2D eigenvalue weighted by molar-refractivity contribution is 1.57. The first-order valence-electron chi connectivity index (χ1n) is 9.72. The van der Waals surface area contributed by atoms with Gasteiger partial charge in [-0.2, -0.15) is 5.26 Å². The third kappa shape index (κ3) is 4.83. The third-order valence-electron chi connectivity index (χ3n) is 4.74. The number of nitrogens with zero attached hydrogens (tertiary/aromatic N) is 1. The van der Waals surface area contributed by atoms with Crippen LogP contribution in [0.15, 0.2) is 121 Å². The van der Waals surface area contributed by atoms with Crippen LogP contribution in [0.1, 0.15) is 0 Å². The molecule has 0 aliphatic carbocycles. The van der Waals surface area contributed by atoms with Crippen molar-refractivity contribution < 1.29 is 0 Å². The summed E-state index contributed by atoms with van der Waals surface area (Å²) in [6, 6.07) is 42.8. The van der Waals surface area contributed by atoms with Gasteiger partial charge in [-0.15, -0.1) is 0 Å². The second-order valence-electron chi connectivity index (χ2n) is 6.62. The normalized spacial score (nSPS) is 11.0. The predicted molar refractivity (Wildman–Crippen MR) is 135 cm³/mol. The first kappa shape index (κ1) is 20.8. The first-order chi connectivity index (χ1) is 14.9. The molecule has 0 bridgehead atoms. The average molecular weight is 441 g/mol. The van der Waals surface area contributed by atoms with Crippen molar-refractivity contribution in [1.29, 1.82) is 5.26 Å². The fourth-order valence-corrected chi connectivity index (χ4v) is 12.2. The van der Waals surface area contributed by atoms with Crippen LogP contribution in [-0.4, -0.2) is 4.73 Å². The Morgan fingerprint density at radius 2 is 0.767 bits per heavy atom. The molecule has 0 saturated carbocycles. The number of nitriles is 1. The zero-order valence-electron chi connectivity index (χ0n) is 16.4. The fraction of sp³-hybridized carbons (Fsp3) is 0.0385. The fourth-order valence-electron chi connectivity index (χ4n) is 3.43. The van der Waals surface area contributed by atoms with E-state index in [2.05, 4.69) is 127 Å². The Morgan fingerprint density at radius 3 is 1.00 bits per heavy atom. The van der Waals surface area contributed by atoms with Crippen molar-refractivity contribution in [3.05, 3.63) is 121 Å². The van der Waals surface area contributed by atoms with Gasteiger partial charge in [-0.3, -0.25) is 0 Å². The molecule has 4 rings (SSSR count). The molecule has 0 heterocycles. The van der Waals surface area contributed by atoms with E-state index in [4.69, 9.17) is 0 Å². The summed E-state index contributed by atoms with van der Waals surface area (Å²) in [4.78, 5) is 0. The second-order valence-corrected chi connectivity index (χ2v) is 13.2. The second kappa shape index (κ2) is 10.6. The number of rotatable bonds is 7. The molecule has 0 aliphatic rings. The quantitative estimate of drug-likeness (QED) is 0.269. The summed E-state index contributed by atoms with van der Waals surface area (Å²) in [5.74, 6) is 0. The SMILES string of the molecule is N#CSC(P(c1ccccc1)c1ccccc1)P(c1ccccc1)c1ccccc1. The van der Waals surface area contributed by atoms with Gasteiger partial charge in [-0.25, -0.2) is 0 Å². The molecule has 1 nitrogen and oxygen atoms in total. The van der Waals surface area contributed by atoms with Gasteiger partial charge < -0.3 is 0 Å². The van der Waals surface area contributed by atoms with Crippen LogP contribution in [0, 0.1) is 10.7 Å². The van der Waals surface area contributed by atoms with Gasteiger partial charge in [0.25, 0.3) is 0 Å². The Morgan fingerprint density at radius 1 is 0.500 bits per heavy atom. The smallest absolute Gasteiger partial charge is 0.134 e. The monoisotopic (exact) mass is 441 g/mol. The summed E-state index contributed by atoms with van der Waals surface area (Å²) in [7, 11) is -1.48. The molecule has 4 aromatic carbocycles. The van der Waals surface area contributed by atoms with Gasteiger partial charge in [-0.05, 0) is 48.8 Å². The zero-order valence-corrected chi connectivity index (χ0v) is 19.0. The first-order valence-corrected chi connectivity index (χ1v) is 13.4. The highest BCUT2D eigenvalue weighted by molar-refractivity contribution is 8.19. The van der Waals surface area contributed by atoms with Crippen molar-refractivity contribution in [2.24, 2.45) is 0 Å². The van der Waals surface area contributed by atoms with Crippen LogP contribution >= 0.6 is 27.6 Å². The maximum Gasteiger partial charge on any atom is 0.134 e. The molecule has 0 saturated heterocycles. The van der Waals surface area contributed by atoms with E-state index in [1.165, 1.54) is 33.0 Å². The van der Waals surface area contributed by atoms with Gasteiger partial charge in [0.05, 0.1) is 4.73 Å². The molecule has 146 valence electrons. The van der Waals surface area contributed by atoms with Crippen LogP contribution in [0.5, 0.6) is 0 Å². The van der Waals surface area contributed by atoms with Crippen molar-refractivity contribution in [1.82, 2.24) is 0 Å². The van der Waals surface area contributed by atoms with Crippen molar-refractivity contribution in [3.63, 3.8) is 0 Å². The molecular formula is C26H21NP2S. The Hall–Kier alpha value is -2.42. The summed E-state index contributed by atoms with van der Waals surface area (Å²) >= 11 is 1.44. The number of thiocyanates is 1. The van der Waals surface area contributed by atoms with Gasteiger partial charge in [0.1, 0.15) is 5.40 Å². The highest BCUT2D eigenvalue weighted by atomic mass is 32.2. The van der Waals surface area contributed by atoms with Gasteiger partial charge in [0.15, 0.2) is 0 Å². The van der Waals surface area contributed by atoms with Crippen molar-refractivity contribution in [3.8, 4) is 5.40 Å². The van der Waals surface area contributed by atoms with E-state index < -0.39 is 15.8 Å². The molecule has 0 aliphatic heterocycles. The molecule has 0 unspecified atom stereocenters. The van der Waals surface area contributed by atoms with Crippen LogP contribution in [0.3, 0.4) is 0 Å². The van der Waals surface area contributed by atoms with Gasteiger partial charge in [0, 0.05) is 0 Å². The highest BCUT2D eigenvalue weighted by Crippen LogP contribution is 2.60. The molecule has 0 amide bonds. The lowest BCUT2D eigenvalue weighted by Gasteiger charge is -2.33. The van der Waals surface area contributed by atoms with Crippen LogP contribution in [0.2, 0.25) is 0 Å². The number of hydrogen-bond acceptors (Lipinski definition) is 2. The predicted octanol–water partition coefficient (Wildman–Crippen LogP) is 5.75. The molecule has 4 heteroatoms. The minimum atomic E-state index is -0.738. The highest BCUT2D eigenvalue weighted by Gasteiger charge is 2.34. The molecule has 0 N–H and O–H groups in total. The van der Waals surface area contributed by atoms with E-state index in [1.54, 1.807) is 0 Å². The summed E-state index contributed by atoms with van der Waals surface area (Å²) in [5.41, 5.74) is 0. The molecule has 0 aromatic heterocycles. The molecular weight excluding hydrogens is 420 g/mol. The minimum absolute atomic E-state index is 0.148. The summed E-state index contributed by atoms with van der Waals surface area (Å²) in [5, 5.41) is 17.6. The van der Waals surface area contributed by atoms with Gasteiger partial charge >= 0.3 is 0 Å². The van der Waals surface area contributed by atoms with Crippen LogP contribution < -0.4 is 21.2 Å². The molecule has 30 heavy (non-hydrogen) atoms. The lowest BCUT2D eigenvalue weighted by Crippen LogP contribution is -2.25. The maximum absolute atomic E-state index is 9.86. The molecule has 0 spiro atoms. The topological polar surface area (TPSA) is 23.8 Å². The average Bonchev–Trinajstić information content (AvgIpc) is 2.82. The van der Waals surface area contributed by atoms with Crippen LogP contribution in [0.25, 0.3) is 0 Å². The van der Waals surface area contributed by atoms with Crippen molar-refractivity contribution in [2.75, 3.05) is 0 Å². The van der Waals surface area contributed by atoms with E-state index in [1.807, 2.05) is 0 Å². The van der Waals surface area contributed by atoms with E-state index in [9.17, 15) is 5.26 Å². The van der Waals surface area contributed by atoms with E-state index in [0.29, 0.717) is 0 Å². The van der Waals surface area contributed by atoms with Crippen molar-refractivity contribution >= 4 is 48.8 Å². The lowest BCUT2D eigenvalue weighted by atomic mass is 10.4. The van der Waals surface area contributed by atoms with E-state index >= 15 is 0 Å². The summed E-state index contributed by atoms with van der Waals surface area (Å²) in [6.07, 6.45) is 0. The van der Waals surface area contributed by atoms with E-state index in [-0.39, 0.29) is 4.73 Å². The Balaban J connectivity index is 1.91. The molecule has 4 aromatic rings. The minimum Gasteiger partial charge on any atom is -0.185 e. The zero-order chi connectivity index (χ0) is 20.6. The molecule has 0 atom stereocenters. The Kier molecular flexibility index (Phi) is 7.34. The van der Waals surface area contributed by atoms with Crippen LogP contribution in [0.4, 0.5) is 0 Å². The standard InChI is InChI=1S/C26H21NP2S/c27-21-30-26(28(22-13-5-1-6-14-22)23-15-7-2-8-16-23)29(24-17-9-3-10-18-24)25-19-11-4-12-20-25/h1-20,26H. The summed E-state index contributed by atoms with van der Waals surface area (Å²) in [6.45, 7) is 0. The van der Waals surface area contributed by atoms with Gasteiger partial charge in [0.2, 0.25) is 0 Å². The Bertz CT molecular complexity index is 921. The number of thioether (sulfide) groups is 1. The maximum atomic E-state index is 9.86.